The van der Waals surface area contributed by atoms with Gasteiger partial charge in [-0.1, -0.05) is 13.0 Å². The molecular formula is C12H19NO3S. The number of nitrogens with one attached hydrogen (secondary N) is 1. The van der Waals surface area contributed by atoms with Crippen molar-refractivity contribution in [3.63, 3.8) is 0 Å². The molecule has 1 N–H and O–H groups in total. The summed E-state index contributed by atoms with van der Waals surface area (Å²) >= 11 is 0. The van der Waals surface area contributed by atoms with Gasteiger partial charge in [0.15, 0.2) is 9.84 Å². The van der Waals surface area contributed by atoms with Crippen LogP contribution in [0.3, 0.4) is 0 Å². The lowest BCUT2D eigenvalue weighted by Gasteiger charge is -2.11. The van der Waals surface area contributed by atoms with Crippen LogP contribution >= 0.6 is 0 Å². The summed E-state index contributed by atoms with van der Waals surface area (Å²) in [7, 11) is -1.33. The summed E-state index contributed by atoms with van der Waals surface area (Å²) < 4.78 is 27.9. The first-order chi connectivity index (χ1) is 7.98. The number of aryl methyl sites for hydroxylation is 1. The maximum absolute atomic E-state index is 11.3. The lowest BCUT2D eigenvalue weighted by atomic mass is 10.2. The normalized spacial score (nSPS) is 11.2. The van der Waals surface area contributed by atoms with Crippen molar-refractivity contribution < 1.29 is 13.2 Å². The predicted octanol–water partition coefficient (Wildman–Crippen LogP) is 1.85. The number of methoxy groups -OCH3 is 1. The second-order valence-electron chi connectivity index (χ2n) is 3.87. The summed E-state index contributed by atoms with van der Waals surface area (Å²) in [4.78, 5) is 0. The lowest BCUT2D eigenvalue weighted by molar-refractivity contribution is 0.416. The molecule has 1 aromatic carbocycles. The molecule has 0 radical (unpaired) electrons. The Morgan fingerprint density at radius 2 is 2.06 bits per heavy atom. The molecule has 5 heteroatoms. The van der Waals surface area contributed by atoms with Crippen LogP contribution in [-0.2, 0) is 9.84 Å². The number of sulfone groups is 1. The van der Waals surface area contributed by atoms with E-state index >= 15 is 0 Å². The van der Waals surface area contributed by atoms with Crippen molar-refractivity contribution in [3.05, 3.63) is 23.8 Å². The van der Waals surface area contributed by atoms with Gasteiger partial charge in [-0.05, 0) is 24.6 Å². The third kappa shape index (κ3) is 4.26. The molecule has 0 heterocycles. The molecular weight excluding hydrogens is 238 g/mol. The van der Waals surface area contributed by atoms with Crippen molar-refractivity contribution in [3.8, 4) is 5.75 Å². The molecule has 0 aliphatic rings. The molecule has 0 aliphatic carbocycles. The smallest absolute Gasteiger partial charge is 0.151 e. The van der Waals surface area contributed by atoms with Crippen LogP contribution in [0.5, 0.6) is 5.75 Å². The van der Waals surface area contributed by atoms with E-state index in [0.29, 0.717) is 6.54 Å². The quantitative estimate of drug-likeness (QED) is 0.845. The highest BCUT2D eigenvalue weighted by atomic mass is 32.2. The van der Waals surface area contributed by atoms with E-state index < -0.39 is 9.84 Å². The maximum atomic E-state index is 11.3. The van der Waals surface area contributed by atoms with Crippen molar-refractivity contribution in [1.82, 2.24) is 0 Å². The summed E-state index contributed by atoms with van der Waals surface area (Å²) in [5, 5.41) is 3.09. The average Bonchev–Trinajstić information content (AvgIpc) is 2.29. The van der Waals surface area contributed by atoms with Gasteiger partial charge >= 0.3 is 0 Å². The van der Waals surface area contributed by atoms with Crippen molar-refractivity contribution in [2.45, 2.75) is 13.8 Å². The largest absolute Gasteiger partial charge is 0.495 e. The van der Waals surface area contributed by atoms with Gasteiger partial charge in [0, 0.05) is 12.3 Å². The van der Waals surface area contributed by atoms with Crippen LogP contribution in [0.1, 0.15) is 12.5 Å². The molecule has 17 heavy (non-hydrogen) atoms. The predicted molar refractivity (Wildman–Crippen MR) is 70.5 cm³/mol. The van der Waals surface area contributed by atoms with Crippen LogP contribution in [-0.4, -0.2) is 33.6 Å². The molecule has 0 saturated heterocycles. The highest BCUT2D eigenvalue weighted by molar-refractivity contribution is 7.91. The SMILES string of the molecule is CCS(=O)(=O)CCNc1cc(C)ccc1OC. The molecule has 0 saturated carbocycles. The van der Waals surface area contributed by atoms with E-state index in [1.54, 1.807) is 14.0 Å². The summed E-state index contributed by atoms with van der Waals surface area (Å²) in [6, 6.07) is 5.76. The Hall–Kier alpha value is -1.23. The summed E-state index contributed by atoms with van der Waals surface area (Å²) in [6.45, 7) is 4.03. The number of hydrogen-bond donors (Lipinski definition) is 1. The first kappa shape index (κ1) is 13.8. The number of benzene rings is 1. The standard InChI is InChI=1S/C12H19NO3S/c1-4-17(14,15)8-7-13-11-9-10(2)5-6-12(11)16-3/h5-6,9,13H,4,7-8H2,1-3H3. The van der Waals surface area contributed by atoms with Crippen LogP contribution in [0.25, 0.3) is 0 Å². The Kier molecular flexibility index (Phi) is 4.81. The topological polar surface area (TPSA) is 55.4 Å². The molecule has 0 bridgehead atoms. The Morgan fingerprint density at radius 1 is 1.35 bits per heavy atom. The molecule has 0 aromatic heterocycles. The van der Waals surface area contributed by atoms with Gasteiger partial charge in [0.25, 0.3) is 0 Å². The number of anilines is 1. The Balaban J connectivity index is 2.66. The number of rotatable bonds is 6. The third-order valence-corrected chi connectivity index (χ3v) is 4.23. The molecule has 0 fully saturated rings. The van der Waals surface area contributed by atoms with Gasteiger partial charge in [-0.2, -0.15) is 0 Å². The van der Waals surface area contributed by atoms with Crippen molar-refractivity contribution in [2.75, 3.05) is 30.5 Å². The minimum atomic E-state index is -2.92. The van der Waals surface area contributed by atoms with Crippen molar-refractivity contribution in [2.24, 2.45) is 0 Å². The number of hydrogen-bond acceptors (Lipinski definition) is 4. The molecule has 0 aliphatic heterocycles. The van der Waals surface area contributed by atoms with E-state index in [0.717, 1.165) is 17.0 Å². The zero-order valence-corrected chi connectivity index (χ0v) is 11.3. The molecule has 1 rings (SSSR count). The van der Waals surface area contributed by atoms with E-state index in [4.69, 9.17) is 4.74 Å². The molecule has 1 aromatic rings. The van der Waals surface area contributed by atoms with Gasteiger partial charge in [-0.3, -0.25) is 0 Å². The average molecular weight is 257 g/mol. The zero-order chi connectivity index (χ0) is 12.9. The first-order valence-electron chi connectivity index (χ1n) is 5.57. The number of ether oxygens (including phenoxy) is 1. The Morgan fingerprint density at radius 3 is 2.65 bits per heavy atom. The summed E-state index contributed by atoms with van der Waals surface area (Å²) in [5.74, 6) is 1.05. The molecule has 0 spiro atoms. The van der Waals surface area contributed by atoms with E-state index in [2.05, 4.69) is 5.32 Å². The van der Waals surface area contributed by atoms with Gasteiger partial charge < -0.3 is 10.1 Å². The molecule has 0 atom stereocenters. The second kappa shape index (κ2) is 5.91. The van der Waals surface area contributed by atoms with Crippen molar-refractivity contribution >= 4 is 15.5 Å². The Labute approximate surface area is 103 Å². The Bertz CT molecular complexity index is 469. The second-order valence-corrected chi connectivity index (χ2v) is 6.34. The highest BCUT2D eigenvalue weighted by Gasteiger charge is 2.08. The van der Waals surface area contributed by atoms with Crippen LogP contribution in [0.4, 0.5) is 5.69 Å². The van der Waals surface area contributed by atoms with Crippen LogP contribution < -0.4 is 10.1 Å². The van der Waals surface area contributed by atoms with Gasteiger partial charge in [-0.15, -0.1) is 0 Å². The van der Waals surface area contributed by atoms with E-state index in [9.17, 15) is 8.42 Å². The van der Waals surface area contributed by atoms with Gasteiger partial charge in [0.2, 0.25) is 0 Å². The van der Waals surface area contributed by atoms with Crippen LogP contribution in [0.2, 0.25) is 0 Å². The van der Waals surface area contributed by atoms with Crippen LogP contribution in [0, 0.1) is 6.92 Å². The van der Waals surface area contributed by atoms with Crippen LogP contribution in [0.15, 0.2) is 18.2 Å². The zero-order valence-electron chi connectivity index (χ0n) is 10.5. The van der Waals surface area contributed by atoms with Gasteiger partial charge in [-0.25, -0.2) is 8.42 Å². The third-order valence-electron chi connectivity index (χ3n) is 2.52. The fourth-order valence-corrected chi connectivity index (χ4v) is 2.15. The van der Waals surface area contributed by atoms with Crippen molar-refractivity contribution in [1.29, 1.82) is 0 Å². The molecule has 0 amide bonds. The molecule has 0 unspecified atom stereocenters. The minimum Gasteiger partial charge on any atom is -0.495 e. The highest BCUT2D eigenvalue weighted by Crippen LogP contribution is 2.24. The molecule has 96 valence electrons. The minimum absolute atomic E-state index is 0.139. The van der Waals surface area contributed by atoms with Gasteiger partial charge in [0.1, 0.15) is 5.75 Å². The van der Waals surface area contributed by atoms with E-state index in [1.165, 1.54) is 0 Å². The van der Waals surface area contributed by atoms with E-state index in [-0.39, 0.29) is 11.5 Å². The summed E-state index contributed by atoms with van der Waals surface area (Å²) in [5.41, 5.74) is 1.94. The molecule has 4 nitrogen and oxygen atoms in total. The lowest BCUT2D eigenvalue weighted by Crippen LogP contribution is -2.17. The fraction of sp³-hybridized carbons (Fsp3) is 0.500. The monoisotopic (exact) mass is 257 g/mol. The first-order valence-corrected chi connectivity index (χ1v) is 7.39. The van der Waals surface area contributed by atoms with Gasteiger partial charge in [0.05, 0.1) is 18.6 Å². The summed E-state index contributed by atoms with van der Waals surface area (Å²) in [6.07, 6.45) is 0. The van der Waals surface area contributed by atoms with E-state index in [1.807, 2.05) is 25.1 Å². The fourth-order valence-electron chi connectivity index (χ4n) is 1.45. The maximum Gasteiger partial charge on any atom is 0.151 e.